The highest BCUT2D eigenvalue weighted by Crippen LogP contribution is 2.23. The molecule has 1 aliphatic carbocycles. The van der Waals surface area contributed by atoms with Crippen LogP contribution in [0, 0.1) is 6.92 Å². The maximum absolute atomic E-state index is 12.4. The molecule has 0 unspecified atom stereocenters. The topological polar surface area (TPSA) is 73.3 Å². The third kappa shape index (κ3) is 4.94. The van der Waals surface area contributed by atoms with E-state index in [4.69, 9.17) is 9.47 Å². The van der Waals surface area contributed by atoms with Crippen molar-refractivity contribution in [3.8, 4) is 11.8 Å². The van der Waals surface area contributed by atoms with Gasteiger partial charge in [-0.05, 0) is 51.2 Å². The van der Waals surface area contributed by atoms with E-state index in [2.05, 4.69) is 15.3 Å². The Labute approximate surface area is 154 Å². The zero-order chi connectivity index (χ0) is 18.4. The van der Waals surface area contributed by atoms with Gasteiger partial charge in [0.15, 0.2) is 0 Å². The van der Waals surface area contributed by atoms with Gasteiger partial charge in [0.05, 0.1) is 12.2 Å². The molecule has 0 spiro atoms. The summed E-state index contributed by atoms with van der Waals surface area (Å²) >= 11 is 0. The van der Waals surface area contributed by atoms with Crippen LogP contribution in [0.15, 0.2) is 36.7 Å². The van der Waals surface area contributed by atoms with E-state index >= 15 is 0 Å². The van der Waals surface area contributed by atoms with Gasteiger partial charge in [-0.3, -0.25) is 4.79 Å². The van der Waals surface area contributed by atoms with Gasteiger partial charge in [-0.15, -0.1) is 0 Å². The molecule has 2 heterocycles. The molecule has 2 aromatic rings. The Morgan fingerprint density at radius 2 is 1.81 bits per heavy atom. The molecule has 0 saturated heterocycles. The van der Waals surface area contributed by atoms with Crippen molar-refractivity contribution in [3.63, 3.8) is 0 Å². The fourth-order valence-corrected chi connectivity index (χ4v) is 3.04. The minimum Gasteiger partial charge on any atom is -0.478 e. The summed E-state index contributed by atoms with van der Waals surface area (Å²) in [5.41, 5.74) is 1.67. The van der Waals surface area contributed by atoms with Gasteiger partial charge in [-0.1, -0.05) is 6.07 Å². The molecule has 0 aromatic carbocycles. The van der Waals surface area contributed by atoms with Crippen LogP contribution in [0.4, 0.5) is 0 Å². The van der Waals surface area contributed by atoms with Crippen molar-refractivity contribution < 1.29 is 14.3 Å². The summed E-state index contributed by atoms with van der Waals surface area (Å²) in [5, 5.41) is 3.09. The van der Waals surface area contributed by atoms with Crippen molar-refractivity contribution in [2.75, 3.05) is 6.61 Å². The van der Waals surface area contributed by atoms with Crippen molar-refractivity contribution in [2.24, 2.45) is 0 Å². The summed E-state index contributed by atoms with van der Waals surface area (Å²) in [7, 11) is 0. The van der Waals surface area contributed by atoms with E-state index in [1.165, 1.54) is 0 Å². The van der Waals surface area contributed by atoms with Crippen molar-refractivity contribution in [3.05, 3.63) is 47.8 Å². The third-order valence-electron chi connectivity index (χ3n) is 4.47. The Morgan fingerprint density at radius 1 is 1.08 bits per heavy atom. The highest BCUT2D eigenvalue weighted by molar-refractivity contribution is 5.94. The van der Waals surface area contributed by atoms with E-state index in [9.17, 15) is 4.79 Å². The summed E-state index contributed by atoms with van der Waals surface area (Å²) in [5.74, 6) is 1.11. The summed E-state index contributed by atoms with van der Waals surface area (Å²) < 4.78 is 11.2. The fraction of sp³-hybridized carbons (Fsp3) is 0.450. The number of aromatic nitrogens is 2. The van der Waals surface area contributed by atoms with Gasteiger partial charge < -0.3 is 14.8 Å². The molecule has 0 aliphatic heterocycles. The van der Waals surface area contributed by atoms with Gasteiger partial charge in [0.1, 0.15) is 6.10 Å². The molecule has 1 saturated carbocycles. The maximum Gasteiger partial charge on any atom is 0.253 e. The Kier molecular flexibility index (Phi) is 6.04. The maximum atomic E-state index is 12.4. The summed E-state index contributed by atoms with van der Waals surface area (Å²) in [4.78, 5) is 20.8. The number of hydrogen-bond acceptors (Lipinski definition) is 5. The second-order valence-corrected chi connectivity index (χ2v) is 6.56. The SMILES string of the molecule is CCOc1ccc(C(=O)NC2CCC(Oc3ccc(C)cn3)CC2)cn1. The number of pyridine rings is 2. The van der Waals surface area contributed by atoms with Crippen LogP contribution in [0.25, 0.3) is 0 Å². The number of nitrogens with zero attached hydrogens (tertiary/aromatic N) is 2. The lowest BCUT2D eigenvalue weighted by molar-refractivity contribution is 0.0889. The molecule has 3 rings (SSSR count). The summed E-state index contributed by atoms with van der Waals surface area (Å²) in [6.45, 7) is 4.46. The Morgan fingerprint density at radius 3 is 2.42 bits per heavy atom. The number of carbonyl (C=O) groups excluding carboxylic acids is 1. The summed E-state index contributed by atoms with van der Waals surface area (Å²) in [6.07, 6.45) is 7.12. The van der Waals surface area contributed by atoms with E-state index in [0.29, 0.717) is 23.9 Å². The standard InChI is InChI=1S/C20H25N3O3/c1-3-25-18-11-5-15(13-22-18)20(24)23-16-6-8-17(9-7-16)26-19-10-4-14(2)12-21-19/h4-5,10-13,16-17H,3,6-9H2,1-2H3,(H,23,24). The van der Waals surface area contributed by atoms with E-state index in [-0.39, 0.29) is 18.1 Å². The van der Waals surface area contributed by atoms with Crippen LogP contribution in [0.1, 0.15) is 48.5 Å². The first-order valence-electron chi connectivity index (χ1n) is 9.13. The first-order chi connectivity index (χ1) is 12.6. The number of nitrogens with one attached hydrogen (secondary N) is 1. The van der Waals surface area contributed by atoms with Gasteiger partial charge in [0.25, 0.3) is 5.91 Å². The molecular formula is C20H25N3O3. The number of aryl methyl sites for hydroxylation is 1. The number of ether oxygens (including phenoxy) is 2. The lowest BCUT2D eigenvalue weighted by atomic mass is 9.92. The molecule has 1 amide bonds. The number of hydrogen-bond donors (Lipinski definition) is 1. The smallest absolute Gasteiger partial charge is 0.253 e. The average molecular weight is 355 g/mol. The molecule has 2 aromatic heterocycles. The quantitative estimate of drug-likeness (QED) is 0.861. The van der Waals surface area contributed by atoms with Gasteiger partial charge in [0, 0.05) is 30.6 Å². The molecule has 1 fully saturated rings. The second kappa shape index (κ2) is 8.65. The normalized spacial score (nSPS) is 19.6. The van der Waals surface area contributed by atoms with Crippen LogP contribution < -0.4 is 14.8 Å². The second-order valence-electron chi connectivity index (χ2n) is 6.56. The van der Waals surface area contributed by atoms with Crippen molar-refractivity contribution in [2.45, 2.75) is 51.7 Å². The third-order valence-corrected chi connectivity index (χ3v) is 4.47. The van der Waals surface area contributed by atoms with Crippen LogP contribution in [0.3, 0.4) is 0 Å². The van der Waals surface area contributed by atoms with Gasteiger partial charge in [-0.25, -0.2) is 9.97 Å². The monoisotopic (exact) mass is 355 g/mol. The molecule has 26 heavy (non-hydrogen) atoms. The molecule has 0 atom stereocenters. The Balaban J connectivity index is 1.45. The van der Waals surface area contributed by atoms with E-state index in [1.54, 1.807) is 18.3 Å². The predicted molar refractivity (Wildman–Crippen MR) is 98.5 cm³/mol. The van der Waals surface area contributed by atoms with E-state index in [0.717, 1.165) is 31.2 Å². The van der Waals surface area contributed by atoms with Crippen molar-refractivity contribution >= 4 is 5.91 Å². The van der Waals surface area contributed by atoms with Crippen molar-refractivity contribution in [1.82, 2.24) is 15.3 Å². The van der Waals surface area contributed by atoms with Crippen LogP contribution >= 0.6 is 0 Å². The Hall–Kier alpha value is -2.63. The number of amides is 1. The number of carbonyl (C=O) groups is 1. The van der Waals surface area contributed by atoms with Crippen LogP contribution in [0.5, 0.6) is 11.8 Å². The Bertz CT molecular complexity index is 708. The predicted octanol–water partition coefficient (Wildman–Crippen LogP) is 3.30. The first-order valence-corrected chi connectivity index (χ1v) is 9.13. The molecule has 0 bridgehead atoms. The van der Waals surface area contributed by atoms with E-state index in [1.807, 2.05) is 32.2 Å². The first kappa shape index (κ1) is 18.2. The molecular weight excluding hydrogens is 330 g/mol. The largest absolute Gasteiger partial charge is 0.478 e. The summed E-state index contributed by atoms with van der Waals surface area (Å²) in [6, 6.07) is 7.53. The van der Waals surface area contributed by atoms with Gasteiger partial charge >= 0.3 is 0 Å². The highest BCUT2D eigenvalue weighted by atomic mass is 16.5. The molecule has 1 N–H and O–H groups in total. The van der Waals surface area contributed by atoms with Crippen LogP contribution in [0.2, 0.25) is 0 Å². The average Bonchev–Trinajstić information content (AvgIpc) is 2.66. The van der Waals surface area contributed by atoms with Gasteiger partial charge in [0.2, 0.25) is 11.8 Å². The van der Waals surface area contributed by atoms with Crippen LogP contribution in [-0.2, 0) is 0 Å². The van der Waals surface area contributed by atoms with Gasteiger partial charge in [-0.2, -0.15) is 0 Å². The fourth-order valence-electron chi connectivity index (χ4n) is 3.04. The molecule has 138 valence electrons. The molecule has 1 aliphatic rings. The lowest BCUT2D eigenvalue weighted by Crippen LogP contribution is -2.39. The van der Waals surface area contributed by atoms with E-state index < -0.39 is 0 Å². The lowest BCUT2D eigenvalue weighted by Gasteiger charge is -2.29. The molecule has 0 radical (unpaired) electrons. The minimum absolute atomic E-state index is 0.0925. The molecule has 6 nitrogen and oxygen atoms in total. The van der Waals surface area contributed by atoms with Crippen LogP contribution in [-0.4, -0.2) is 34.6 Å². The molecule has 6 heteroatoms. The zero-order valence-corrected chi connectivity index (χ0v) is 15.3. The highest BCUT2D eigenvalue weighted by Gasteiger charge is 2.24. The van der Waals surface area contributed by atoms with Crippen molar-refractivity contribution in [1.29, 1.82) is 0 Å². The number of rotatable bonds is 6. The zero-order valence-electron chi connectivity index (χ0n) is 15.3. The minimum atomic E-state index is -0.0925.